The average molecular weight is 453 g/mol. The number of benzene rings is 2. The van der Waals surface area contributed by atoms with E-state index in [2.05, 4.69) is 27.7 Å². The summed E-state index contributed by atoms with van der Waals surface area (Å²) in [6.45, 7) is 4.34. The summed E-state index contributed by atoms with van der Waals surface area (Å²) in [6.07, 6.45) is 0. The first-order valence-electron chi connectivity index (χ1n) is 10.6. The topological polar surface area (TPSA) is 66.9 Å². The monoisotopic (exact) mass is 452 g/mol. The second-order valence-electron chi connectivity index (χ2n) is 7.60. The molecule has 4 rings (SSSR count). The van der Waals surface area contributed by atoms with Crippen LogP contribution in [-0.2, 0) is 13.1 Å². The van der Waals surface area contributed by atoms with Gasteiger partial charge in [-0.05, 0) is 17.7 Å². The van der Waals surface area contributed by atoms with E-state index in [1.165, 1.54) is 0 Å². The van der Waals surface area contributed by atoms with Crippen LogP contribution >= 0.6 is 11.3 Å². The summed E-state index contributed by atoms with van der Waals surface area (Å²) in [5.41, 5.74) is 3.14. The third-order valence-electron chi connectivity index (χ3n) is 5.53. The van der Waals surface area contributed by atoms with Crippen LogP contribution in [0.3, 0.4) is 0 Å². The van der Waals surface area contributed by atoms with Gasteiger partial charge in [-0.1, -0.05) is 36.4 Å². The number of piperazine rings is 1. The van der Waals surface area contributed by atoms with Crippen molar-refractivity contribution in [3.05, 3.63) is 64.5 Å². The molecule has 0 saturated carbocycles. The van der Waals surface area contributed by atoms with Crippen LogP contribution in [0.5, 0.6) is 11.5 Å². The molecule has 7 nitrogen and oxygen atoms in total. The summed E-state index contributed by atoms with van der Waals surface area (Å²) in [5.74, 6) is 1.33. The van der Waals surface area contributed by atoms with E-state index in [1.807, 2.05) is 41.3 Å². The fourth-order valence-electron chi connectivity index (χ4n) is 3.71. The second-order valence-corrected chi connectivity index (χ2v) is 8.55. The number of carbonyl (C=O) groups is 1. The van der Waals surface area contributed by atoms with Crippen LogP contribution in [0, 0.1) is 0 Å². The minimum atomic E-state index is -0.0416. The minimum Gasteiger partial charge on any atom is -0.493 e. The quantitative estimate of drug-likeness (QED) is 0.590. The largest absolute Gasteiger partial charge is 0.493 e. The summed E-state index contributed by atoms with van der Waals surface area (Å²) < 4.78 is 10.6. The van der Waals surface area contributed by atoms with E-state index in [1.54, 1.807) is 25.6 Å². The molecule has 0 bridgehead atoms. The van der Waals surface area contributed by atoms with Gasteiger partial charge in [-0.3, -0.25) is 4.90 Å². The van der Waals surface area contributed by atoms with E-state index in [9.17, 15) is 4.79 Å². The van der Waals surface area contributed by atoms with Gasteiger partial charge in [0.25, 0.3) is 0 Å². The van der Waals surface area contributed by atoms with Crippen LogP contribution in [0.2, 0.25) is 0 Å². The number of hydrogen-bond donors (Lipinski definition) is 1. The van der Waals surface area contributed by atoms with Gasteiger partial charge in [0, 0.05) is 43.7 Å². The maximum atomic E-state index is 12.6. The van der Waals surface area contributed by atoms with Crippen LogP contribution in [0.25, 0.3) is 11.3 Å². The standard InChI is InChI=1S/C24H28N4O3S/c1-30-21-9-8-18(14-22(21)31-2)15-25-24(29)28-12-10-27(11-13-28)16-23-26-20(17-32-23)19-6-4-3-5-7-19/h3-9,14,17H,10-13,15-16H2,1-2H3,(H,25,29). The summed E-state index contributed by atoms with van der Waals surface area (Å²) in [7, 11) is 3.21. The summed E-state index contributed by atoms with van der Waals surface area (Å²) in [5, 5.41) is 6.23. The van der Waals surface area contributed by atoms with E-state index < -0.39 is 0 Å². The van der Waals surface area contributed by atoms with E-state index >= 15 is 0 Å². The highest BCUT2D eigenvalue weighted by molar-refractivity contribution is 7.09. The number of nitrogens with one attached hydrogen (secondary N) is 1. The van der Waals surface area contributed by atoms with Crippen molar-refractivity contribution in [2.75, 3.05) is 40.4 Å². The molecule has 1 aliphatic heterocycles. The third kappa shape index (κ3) is 5.38. The van der Waals surface area contributed by atoms with Crippen LogP contribution in [-0.4, -0.2) is 61.2 Å². The molecule has 168 valence electrons. The first kappa shape index (κ1) is 22.1. The molecule has 0 unspecified atom stereocenters. The van der Waals surface area contributed by atoms with E-state index in [0.717, 1.165) is 41.5 Å². The van der Waals surface area contributed by atoms with Gasteiger partial charge in [-0.15, -0.1) is 11.3 Å². The molecule has 1 aromatic heterocycles. The van der Waals surface area contributed by atoms with Crippen LogP contribution in [0.1, 0.15) is 10.6 Å². The first-order chi connectivity index (χ1) is 15.7. The number of nitrogens with zero attached hydrogens (tertiary/aromatic N) is 3. The first-order valence-corrected chi connectivity index (χ1v) is 11.5. The molecule has 1 saturated heterocycles. The number of carbonyl (C=O) groups excluding carboxylic acids is 1. The number of amides is 2. The Hall–Kier alpha value is -3.10. The Balaban J connectivity index is 1.24. The maximum Gasteiger partial charge on any atom is 0.317 e. The zero-order chi connectivity index (χ0) is 22.3. The molecular weight excluding hydrogens is 424 g/mol. The van der Waals surface area contributed by atoms with E-state index in [-0.39, 0.29) is 6.03 Å². The molecule has 1 fully saturated rings. The van der Waals surface area contributed by atoms with Crippen LogP contribution < -0.4 is 14.8 Å². The van der Waals surface area contributed by atoms with Crippen molar-refractivity contribution in [2.45, 2.75) is 13.1 Å². The molecule has 32 heavy (non-hydrogen) atoms. The predicted molar refractivity (Wildman–Crippen MR) is 126 cm³/mol. The van der Waals surface area contributed by atoms with Crippen molar-refractivity contribution < 1.29 is 14.3 Å². The van der Waals surface area contributed by atoms with Crippen molar-refractivity contribution in [1.29, 1.82) is 0 Å². The zero-order valence-electron chi connectivity index (χ0n) is 18.4. The molecular formula is C24H28N4O3S. The normalized spacial score (nSPS) is 14.2. The molecule has 2 amide bonds. The van der Waals surface area contributed by atoms with Gasteiger partial charge in [0.15, 0.2) is 11.5 Å². The number of urea groups is 1. The number of thiazole rings is 1. The van der Waals surface area contributed by atoms with Crippen molar-refractivity contribution in [2.24, 2.45) is 0 Å². The van der Waals surface area contributed by atoms with Crippen LogP contribution in [0.15, 0.2) is 53.9 Å². The van der Waals surface area contributed by atoms with Crippen molar-refractivity contribution in [1.82, 2.24) is 20.1 Å². The van der Waals surface area contributed by atoms with Gasteiger partial charge in [0.2, 0.25) is 0 Å². The molecule has 1 aliphatic rings. The fraction of sp³-hybridized carbons (Fsp3) is 0.333. The van der Waals surface area contributed by atoms with Gasteiger partial charge < -0.3 is 19.7 Å². The van der Waals surface area contributed by atoms with Crippen LogP contribution in [0.4, 0.5) is 4.79 Å². The molecule has 8 heteroatoms. The lowest BCUT2D eigenvalue weighted by Crippen LogP contribution is -2.51. The zero-order valence-corrected chi connectivity index (χ0v) is 19.2. The number of hydrogen-bond acceptors (Lipinski definition) is 6. The predicted octanol–water partition coefficient (Wildman–Crippen LogP) is 3.85. The number of aromatic nitrogens is 1. The summed E-state index contributed by atoms with van der Waals surface area (Å²) >= 11 is 1.69. The third-order valence-corrected chi connectivity index (χ3v) is 6.36. The maximum absolute atomic E-state index is 12.6. The SMILES string of the molecule is COc1ccc(CNC(=O)N2CCN(Cc3nc(-c4ccccc4)cs3)CC2)cc1OC. The Morgan fingerprint density at radius 1 is 1.03 bits per heavy atom. The second kappa shape index (κ2) is 10.5. The highest BCUT2D eigenvalue weighted by atomic mass is 32.1. The molecule has 0 aliphatic carbocycles. The Bertz CT molecular complexity index is 1030. The molecule has 1 N–H and O–H groups in total. The molecule has 2 heterocycles. The lowest BCUT2D eigenvalue weighted by molar-refractivity contribution is 0.135. The average Bonchev–Trinajstić information content (AvgIpc) is 3.31. The van der Waals surface area contributed by atoms with Gasteiger partial charge in [0.05, 0.1) is 26.5 Å². The van der Waals surface area contributed by atoms with Crippen molar-refractivity contribution >= 4 is 17.4 Å². The summed E-state index contributed by atoms with van der Waals surface area (Å²) in [6, 6.07) is 15.9. The minimum absolute atomic E-state index is 0.0416. The Morgan fingerprint density at radius 2 is 1.78 bits per heavy atom. The van der Waals surface area contributed by atoms with Gasteiger partial charge in [-0.25, -0.2) is 9.78 Å². The molecule has 0 radical (unpaired) electrons. The number of ether oxygens (including phenoxy) is 2. The Kier molecular flexibility index (Phi) is 7.24. The lowest BCUT2D eigenvalue weighted by Gasteiger charge is -2.34. The smallest absolute Gasteiger partial charge is 0.317 e. The number of methoxy groups -OCH3 is 2. The molecule has 0 atom stereocenters. The van der Waals surface area contributed by atoms with Gasteiger partial charge in [-0.2, -0.15) is 0 Å². The molecule has 3 aromatic rings. The van der Waals surface area contributed by atoms with Gasteiger partial charge in [0.1, 0.15) is 5.01 Å². The van der Waals surface area contributed by atoms with Crippen molar-refractivity contribution in [3.8, 4) is 22.8 Å². The lowest BCUT2D eigenvalue weighted by atomic mass is 10.2. The highest BCUT2D eigenvalue weighted by Crippen LogP contribution is 2.27. The van der Waals surface area contributed by atoms with E-state index in [4.69, 9.17) is 14.5 Å². The van der Waals surface area contributed by atoms with Gasteiger partial charge >= 0.3 is 6.03 Å². The Labute approximate surface area is 192 Å². The molecule has 0 spiro atoms. The number of rotatable bonds is 7. The highest BCUT2D eigenvalue weighted by Gasteiger charge is 2.22. The van der Waals surface area contributed by atoms with E-state index in [0.29, 0.717) is 31.1 Å². The fourth-order valence-corrected chi connectivity index (χ4v) is 4.55. The van der Waals surface area contributed by atoms with Crippen molar-refractivity contribution in [3.63, 3.8) is 0 Å². The summed E-state index contributed by atoms with van der Waals surface area (Å²) in [4.78, 5) is 21.6. The Morgan fingerprint density at radius 3 is 2.50 bits per heavy atom. The molecule has 2 aromatic carbocycles.